The maximum Gasteiger partial charge on any atom is 0.123 e. The third kappa shape index (κ3) is 3.78. The highest BCUT2D eigenvalue weighted by molar-refractivity contribution is 5.37. The summed E-state index contributed by atoms with van der Waals surface area (Å²) < 4.78 is 6.11. The average Bonchev–Trinajstić information content (AvgIpc) is 2.90. The zero-order chi connectivity index (χ0) is 14.7. The van der Waals surface area contributed by atoms with Gasteiger partial charge < -0.3 is 10.1 Å². The van der Waals surface area contributed by atoms with E-state index in [1.165, 1.54) is 31.4 Å². The zero-order valence-corrected chi connectivity index (χ0v) is 13.3. The molecule has 0 radical (unpaired) electrons. The number of piperidine rings is 1. The molecule has 1 aromatic rings. The van der Waals surface area contributed by atoms with Crippen LogP contribution in [0.2, 0.25) is 0 Å². The van der Waals surface area contributed by atoms with Crippen LogP contribution in [-0.2, 0) is 6.42 Å². The van der Waals surface area contributed by atoms with Crippen LogP contribution in [0.25, 0.3) is 0 Å². The van der Waals surface area contributed by atoms with E-state index in [2.05, 4.69) is 48.3 Å². The van der Waals surface area contributed by atoms with Crippen molar-refractivity contribution in [1.29, 1.82) is 0 Å². The maximum atomic E-state index is 6.11. The first kappa shape index (κ1) is 14.9. The van der Waals surface area contributed by atoms with Crippen molar-refractivity contribution in [1.82, 2.24) is 10.2 Å². The molecule has 2 unspecified atom stereocenters. The third-order valence-corrected chi connectivity index (χ3v) is 4.75. The van der Waals surface area contributed by atoms with Crippen molar-refractivity contribution in [2.45, 2.75) is 57.7 Å². The van der Waals surface area contributed by atoms with Gasteiger partial charge in [0.2, 0.25) is 0 Å². The lowest BCUT2D eigenvalue weighted by Crippen LogP contribution is -2.48. The molecule has 2 heterocycles. The number of rotatable bonds is 5. The van der Waals surface area contributed by atoms with Crippen LogP contribution in [0.5, 0.6) is 5.75 Å². The Morgan fingerprint density at radius 2 is 2.10 bits per heavy atom. The molecule has 21 heavy (non-hydrogen) atoms. The van der Waals surface area contributed by atoms with Crippen molar-refractivity contribution in [3.8, 4) is 5.75 Å². The molecule has 1 N–H and O–H groups in total. The summed E-state index contributed by atoms with van der Waals surface area (Å²) >= 11 is 0. The lowest BCUT2D eigenvalue weighted by atomic mass is 10.0. The highest BCUT2D eigenvalue weighted by atomic mass is 16.5. The quantitative estimate of drug-likeness (QED) is 0.901. The lowest BCUT2D eigenvalue weighted by Gasteiger charge is -2.34. The summed E-state index contributed by atoms with van der Waals surface area (Å²) in [7, 11) is 0. The maximum absolute atomic E-state index is 6.11. The molecular weight excluding hydrogens is 260 g/mol. The molecule has 1 saturated heterocycles. The van der Waals surface area contributed by atoms with Crippen LogP contribution in [0.3, 0.4) is 0 Å². The van der Waals surface area contributed by atoms with Gasteiger partial charge in [0.05, 0.1) is 0 Å². The van der Waals surface area contributed by atoms with Crippen LogP contribution < -0.4 is 10.1 Å². The molecule has 0 saturated carbocycles. The minimum Gasteiger partial charge on any atom is -0.488 e. The smallest absolute Gasteiger partial charge is 0.123 e. The number of hydrogen-bond donors (Lipinski definition) is 1. The Bertz CT molecular complexity index is 429. The predicted octanol–water partition coefficient (Wildman–Crippen LogP) is 2.84. The van der Waals surface area contributed by atoms with Crippen LogP contribution in [-0.4, -0.2) is 42.7 Å². The fourth-order valence-corrected chi connectivity index (χ4v) is 3.48. The molecule has 3 nitrogen and oxygen atoms in total. The Morgan fingerprint density at radius 1 is 1.24 bits per heavy atom. The zero-order valence-electron chi connectivity index (χ0n) is 13.3. The second-order valence-corrected chi connectivity index (χ2v) is 6.75. The monoisotopic (exact) mass is 288 g/mol. The van der Waals surface area contributed by atoms with Crippen LogP contribution in [0, 0.1) is 0 Å². The fourth-order valence-electron chi connectivity index (χ4n) is 3.48. The van der Waals surface area contributed by atoms with E-state index in [4.69, 9.17) is 4.74 Å². The highest BCUT2D eigenvalue weighted by Crippen LogP contribution is 2.28. The average molecular weight is 288 g/mol. The minimum atomic E-state index is 0.313. The third-order valence-electron chi connectivity index (χ3n) is 4.75. The molecule has 3 heteroatoms. The molecule has 116 valence electrons. The van der Waals surface area contributed by atoms with E-state index in [0.29, 0.717) is 18.2 Å². The Hall–Kier alpha value is -1.06. The van der Waals surface area contributed by atoms with Gasteiger partial charge in [-0.05, 0) is 44.9 Å². The molecule has 1 aromatic carbocycles. The van der Waals surface area contributed by atoms with Crippen LogP contribution in [0.15, 0.2) is 24.3 Å². The van der Waals surface area contributed by atoms with E-state index in [1.807, 2.05) is 0 Å². The van der Waals surface area contributed by atoms with E-state index in [-0.39, 0.29) is 0 Å². The van der Waals surface area contributed by atoms with Gasteiger partial charge in [-0.25, -0.2) is 0 Å². The number of hydrogen-bond acceptors (Lipinski definition) is 3. The summed E-state index contributed by atoms with van der Waals surface area (Å²) in [6.07, 6.45) is 5.38. The molecule has 2 aliphatic rings. The summed E-state index contributed by atoms with van der Waals surface area (Å²) in [6, 6.07) is 9.69. The summed E-state index contributed by atoms with van der Waals surface area (Å²) in [5, 5.41) is 3.66. The van der Waals surface area contributed by atoms with Gasteiger partial charge in [-0.3, -0.25) is 4.90 Å². The molecule has 0 aromatic heterocycles. The summed E-state index contributed by atoms with van der Waals surface area (Å²) in [5.74, 6) is 1.09. The van der Waals surface area contributed by atoms with Gasteiger partial charge in [-0.1, -0.05) is 24.6 Å². The molecule has 3 rings (SSSR count). The summed E-state index contributed by atoms with van der Waals surface area (Å²) in [4.78, 5) is 2.58. The number of nitrogens with one attached hydrogen (secondary N) is 1. The molecule has 0 amide bonds. The van der Waals surface area contributed by atoms with Crippen molar-refractivity contribution >= 4 is 0 Å². The second kappa shape index (κ2) is 6.80. The number of para-hydroxylation sites is 1. The Labute approximate surface area is 128 Å². The predicted molar refractivity (Wildman–Crippen MR) is 86.9 cm³/mol. The van der Waals surface area contributed by atoms with E-state index in [9.17, 15) is 0 Å². The van der Waals surface area contributed by atoms with Crippen LogP contribution in [0.1, 0.15) is 38.7 Å². The highest BCUT2D eigenvalue weighted by Gasteiger charge is 2.27. The Balaban J connectivity index is 1.56. The molecule has 0 bridgehead atoms. The number of nitrogens with zero attached hydrogens (tertiary/aromatic N) is 1. The first-order chi connectivity index (χ1) is 10.2. The minimum absolute atomic E-state index is 0.313. The van der Waals surface area contributed by atoms with Crippen molar-refractivity contribution in [2.75, 3.05) is 19.6 Å². The number of benzene rings is 1. The van der Waals surface area contributed by atoms with E-state index < -0.39 is 0 Å². The molecule has 2 aliphatic heterocycles. The SMILES string of the molecule is CC(C)N(CC1CCCCN1)CC1Cc2ccccc2O1. The molecule has 2 atom stereocenters. The number of ether oxygens (including phenoxy) is 1. The van der Waals surface area contributed by atoms with Gasteiger partial charge in [0.1, 0.15) is 11.9 Å². The summed E-state index contributed by atoms with van der Waals surface area (Å²) in [6.45, 7) is 7.95. The second-order valence-electron chi connectivity index (χ2n) is 6.75. The molecule has 0 aliphatic carbocycles. The molecular formula is C18H28N2O. The van der Waals surface area contributed by atoms with Crippen LogP contribution >= 0.6 is 0 Å². The summed E-state index contributed by atoms with van der Waals surface area (Å²) in [5.41, 5.74) is 1.36. The van der Waals surface area contributed by atoms with Crippen molar-refractivity contribution in [2.24, 2.45) is 0 Å². The van der Waals surface area contributed by atoms with Gasteiger partial charge in [0.25, 0.3) is 0 Å². The largest absolute Gasteiger partial charge is 0.488 e. The standard InChI is InChI=1S/C18H28N2O/c1-14(2)20(12-16-8-5-6-10-19-16)13-17-11-15-7-3-4-9-18(15)21-17/h3-4,7,9,14,16-17,19H,5-6,8,10-13H2,1-2H3. The molecule has 1 fully saturated rings. The van der Waals surface area contributed by atoms with Gasteiger partial charge in [-0.15, -0.1) is 0 Å². The van der Waals surface area contributed by atoms with Crippen molar-refractivity contribution in [3.05, 3.63) is 29.8 Å². The topological polar surface area (TPSA) is 24.5 Å². The molecule has 0 spiro atoms. The lowest BCUT2D eigenvalue weighted by molar-refractivity contribution is 0.113. The van der Waals surface area contributed by atoms with E-state index in [1.54, 1.807) is 0 Å². The van der Waals surface area contributed by atoms with Crippen molar-refractivity contribution < 1.29 is 4.74 Å². The van der Waals surface area contributed by atoms with Gasteiger partial charge in [0.15, 0.2) is 0 Å². The van der Waals surface area contributed by atoms with Crippen molar-refractivity contribution in [3.63, 3.8) is 0 Å². The van der Waals surface area contributed by atoms with Gasteiger partial charge in [0, 0.05) is 31.6 Å². The fraction of sp³-hybridized carbons (Fsp3) is 0.667. The van der Waals surface area contributed by atoms with Gasteiger partial charge in [-0.2, -0.15) is 0 Å². The Morgan fingerprint density at radius 3 is 2.81 bits per heavy atom. The van der Waals surface area contributed by atoms with Crippen LogP contribution in [0.4, 0.5) is 0 Å². The Kier molecular flexibility index (Phi) is 4.81. The number of fused-ring (bicyclic) bond motifs is 1. The van der Waals surface area contributed by atoms with E-state index in [0.717, 1.165) is 25.3 Å². The first-order valence-corrected chi connectivity index (χ1v) is 8.44. The van der Waals surface area contributed by atoms with E-state index >= 15 is 0 Å². The normalized spacial score (nSPS) is 25.1. The first-order valence-electron chi connectivity index (χ1n) is 8.44. The van der Waals surface area contributed by atoms with Gasteiger partial charge >= 0.3 is 0 Å².